The van der Waals surface area contributed by atoms with Gasteiger partial charge >= 0.3 is 0 Å². The fourth-order valence-electron chi connectivity index (χ4n) is 3.37. The number of fused-ring (bicyclic) bond motifs is 1. The van der Waals surface area contributed by atoms with E-state index in [2.05, 4.69) is 5.32 Å². The minimum absolute atomic E-state index is 0.0218. The molecule has 32 heavy (non-hydrogen) atoms. The zero-order valence-electron chi connectivity index (χ0n) is 18.5. The van der Waals surface area contributed by atoms with Crippen LogP contribution in [0.5, 0.6) is 5.75 Å². The van der Waals surface area contributed by atoms with Crippen LogP contribution in [-0.4, -0.2) is 49.3 Å². The Balaban J connectivity index is 2.05. The number of amides is 1. The van der Waals surface area contributed by atoms with Crippen molar-refractivity contribution in [2.75, 3.05) is 20.0 Å². The van der Waals surface area contributed by atoms with Crippen LogP contribution in [0.2, 0.25) is 0 Å². The van der Waals surface area contributed by atoms with Crippen molar-refractivity contribution in [1.29, 1.82) is 0 Å². The summed E-state index contributed by atoms with van der Waals surface area (Å²) in [5.41, 5.74) is 2.12. The highest BCUT2D eigenvalue weighted by Gasteiger charge is 2.16. The number of nitrogens with zero attached hydrogens (tertiary/aromatic N) is 2. The molecule has 0 bridgehead atoms. The first kappa shape index (κ1) is 23.6. The van der Waals surface area contributed by atoms with Crippen molar-refractivity contribution in [1.82, 2.24) is 14.3 Å². The van der Waals surface area contributed by atoms with Crippen molar-refractivity contribution in [3.8, 4) is 17.0 Å². The molecule has 0 radical (unpaired) electrons. The van der Waals surface area contributed by atoms with Crippen LogP contribution in [0.4, 0.5) is 0 Å². The molecular formula is C22H27N3O6S. The molecule has 10 heteroatoms. The normalized spacial score (nSPS) is 11.8. The third-order valence-corrected chi connectivity index (χ3v) is 5.34. The molecule has 0 atom stereocenters. The summed E-state index contributed by atoms with van der Waals surface area (Å²) >= 11 is 0. The molecule has 0 unspecified atom stereocenters. The molecule has 1 aromatic carbocycles. The SMILES string of the molecule is COc1ccc(-c2cn3cc(CCOS(C)(=O)=O)cc3c(=O)n2CC(=O)NC(C)C)cc1. The van der Waals surface area contributed by atoms with E-state index in [-0.39, 0.29) is 30.7 Å². The number of hydrogen-bond acceptors (Lipinski definition) is 6. The first-order valence-electron chi connectivity index (χ1n) is 10.1. The second-order valence-electron chi connectivity index (χ2n) is 7.77. The number of hydrogen-bond donors (Lipinski definition) is 1. The van der Waals surface area contributed by atoms with Crippen molar-refractivity contribution in [2.45, 2.75) is 32.9 Å². The monoisotopic (exact) mass is 461 g/mol. The Morgan fingerprint density at radius 1 is 1.16 bits per heavy atom. The second kappa shape index (κ2) is 9.58. The van der Waals surface area contributed by atoms with E-state index in [1.165, 1.54) is 4.57 Å². The summed E-state index contributed by atoms with van der Waals surface area (Å²) < 4.78 is 35.5. The zero-order chi connectivity index (χ0) is 23.5. The number of nitrogens with one attached hydrogen (secondary N) is 1. The number of rotatable bonds is 9. The third kappa shape index (κ3) is 5.77. The van der Waals surface area contributed by atoms with Crippen LogP contribution in [0.1, 0.15) is 19.4 Å². The van der Waals surface area contributed by atoms with E-state index in [0.29, 0.717) is 23.4 Å². The lowest BCUT2D eigenvalue weighted by Gasteiger charge is -2.15. The van der Waals surface area contributed by atoms with Gasteiger partial charge in [-0.1, -0.05) is 0 Å². The molecule has 0 aliphatic rings. The summed E-state index contributed by atoms with van der Waals surface area (Å²) in [6.45, 7) is 3.55. The molecule has 172 valence electrons. The summed E-state index contributed by atoms with van der Waals surface area (Å²) in [6, 6.07) is 8.84. The van der Waals surface area contributed by atoms with E-state index in [1.807, 2.05) is 26.0 Å². The number of methoxy groups -OCH3 is 1. The van der Waals surface area contributed by atoms with Gasteiger partial charge in [0.15, 0.2) is 0 Å². The molecule has 2 heterocycles. The van der Waals surface area contributed by atoms with Crippen LogP contribution in [0.3, 0.4) is 0 Å². The Morgan fingerprint density at radius 3 is 2.44 bits per heavy atom. The molecule has 3 rings (SSSR count). The van der Waals surface area contributed by atoms with Crippen molar-refractivity contribution in [3.63, 3.8) is 0 Å². The van der Waals surface area contributed by atoms with E-state index < -0.39 is 10.1 Å². The highest BCUT2D eigenvalue weighted by molar-refractivity contribution is 7.85. The van der Waals surface area contributed by atoms with Crippen LogP contribution in [0, 0.1) is 0 Å². The first-order chi connectivity index (χ1) is 15.1. The molecule has 2 aromatic heterocycles. The molecule has 0 spiro atoms. The maximum absolute atomic E-state index is 13.3. The Bertz CT molecular complexity index is 1270. The summed E-state index contributed by atoms with van der Waals surface area (Å²) in [5.74, 6) is 0.407. The predicted octanol–water partition coefficient (Wildman–Crippen LogP) is 1.82. The molecule has 1 N–H and O–H groups in total. The van der Waals surface area contributed by atoms with E-state index in [4.69, 9.17) is 8.92 Å². The number of ether oxygens (including phenoxy) is 1. The molecule has 0 saturated heterocycles. The highest BCUT2D eigenvalue weighted by atomic mass is 32.2. The van der Waals surface area contributed by atoms with Crippen LogP contribution < -0.4 is 15.6 Å². The Hall–Kier alpha value is -3.11. The van der Waals surface area contributed by atoms with Gasteiger partial charge < -0.3 is 14.5 Å². The maximum atomic E-state index is 13.3. The summed E-state index contributed by atoms with van der Waals surface area (Å²) in [5, 5.41) is 2.81. The van der Waals surface area contributed by atoms with E-state index in [1.54, 1.807) is 42.1 Å². The molecule has 1 amide bonds. The molecule has 3 aromatic rings. The smallest absolute Gasteiger partial charge is 0.275 e. The molecule has 0 aliphatic heterocycles. The first-order valence-corrected chi connectivity index (χ1v) is 11.9. The van der Waals surface area contributed by atoms with Crippen molar-refractivity contribution < 1.29 is 22.1 Å². The van der Waals surface area contributed by atoms with Gasteiger partial charge in [0.2, 0.25) is 5.91 Å². The standard InChI is InChI=1S/C22H27N3O6S/c1-15(2)23-21(26)14-25-20(17-5-7-18(30-3)8-6-17)13-24-12-16(11-19(24)22(25)27)9-10-31-32(4,28)29/h5-8,11-13,15H,9-10,14H2,1-4H3,(H,23,26). The number of carbonyl (C=O) groups is 1. The van der Waals surface area contributed by atoms with Gasteiger partial charge in [0.1, 0.15) is 17.8 Å². The summed E-state index contributed by atoms with van der Waals surface area (Å²) in [7, 11) is -1.97. The summed E-state index contributed by atoms with van der Waals surface area (Å²) in [4.78, 5) is 25.8. The largest absolute Gasteiger partial charge is 0.497 e. The zero-order valence-corrected chi connectivity index (χ0v) is 19.3. The lowest BCUT2D eigenvalue weighted by Crippen LogP contribution is -2.36. The van der Waals surface area contributed by atoms with E-state index >= 15 is 0 Å². The van der Waals surface area contributed by atoms with E-state index in [0.717, 1.165) is 17.4 Å². The van der Waals surface area contributed by atoms with Crippen LogP contribution in [0.25, 0.3) is 16.8 Å². The van der Waals surface area contributed by atoms with Crippen LogP contribution >= 0.6 is 0 Å². The topological polar surface area (TPSA) is 108 Å². The summed E-state index contributed by atoms with van der Waals surface area (Å²) in [6.07, 6.45) is 4.85. The number of benzene rings is 1. The van der Waals surface area contributed by atoms with Gasteiger partial charge in [-0.05, 0) is 56.2 Å². The molecule has 0 saturated carbocycles. The van der Waals surface area contributed by atoms with Crippen LogP contribution in [-0.2, 0) is 32.1 Å². The fourth-order valence-corrected chi connectivity index (χ4v) is 3.76. The predicted molar refractivity (Wildman–Crippen MR) is 121 cm³/mol. The highest BCUT2D eigenvalue weighted by Crippen LogP contribution is 2.23. The average Bonchev–Trinajstić information content (AvgIpc) is 3.11. The molecule has 0 fully saturated rings. The Morgan fingerprint density at radius 2 is 1.84 bits per heavy atom. The lowest BCUT2D eigenvalue weighted by molar-refractivity contribution is -0.122. The van der Waals surface area contributed by atoms with Crippen molar-refractivity contribution >= 4 is 21.5 Å². The minimum atomic E-state index is -3.54. The van der Waals surface area contributed by atoms with Gasteiger partial charge in [0, 0.05) is 24.0 Å². The molecular weight excluding hydrogens is 434 g/mol. The van der Waals surface area contributed by atoms with Gasteiger partial charge in [0.25, 0.3) is 15.7 Å². The van der Waals surface area contributed by atoms with Crippen molar-refractivity contribution in [3.05, 3.63) is 58.6 Å². The quantitative estimate of drug-likeness (QED) is 0.487. The maximum Gasteiger partial charge on any atom is 0.275 e. The van der Waals surface area contributed by atoms with Gasteiger partial charge in [-0.3, -0.25) is 18.3 Å². The lowest BCUT2D eigenvalue weighted by atomic mass is 10.1. The minimum Gasteiger partial charge on any atom is -0.497 e. The van der Waals surface area contributed by atoms with Gasteiger partial charge in [-0.15, -0.1) is 0 Å². The molecule has 0 aliphatic carbocycles. The van der Waals surface area contributed by atoms with Crippen LogP contribution in [0.15, 0.2) is 47.5 Å². The fraction of sp³-hybridized carbons (Fsp3) is 0.364. The number of carbonyl (C=O) groups excluding carboxylic acids is 1. The second-order valence-corrected chi connectivity index (χ2v) is 9.42. The van der Waals surface area contributed by atoms with Gasteiger partial charge in [0.05, 0.1) is 25.7 Å². The van der Waals surface area contributed by atoms with E-state index in [9.17, 15) is 18.0 Å². The van der Waals surface area contributed by atoms with Gasteiger partial charge in [-0.2, -0.15) is 8.42 Å². The number of aromatic nitrogens is 2. The Kier molecular flexibility index (Phi) is 7.05. The average molecular weight is 462 g/mol. The van der Waals surface area contributed by atoms with Crippen molar-refractivity contribution in [2.24, 2.45) is 0 Å². The molecule has 9 nitrogen and oxygen atoms in total. The Labute approximate surface area is 186 Å². The third-order valence-electron chi connectivity index (χ3n) is 4.75. The van der Waals surface area contributed by atoms with Gasteiger partial charge in [-0.25, -0.2) is 0 Å².